The van der Waals surface area contributed by atoms with E-state index in [9.17, 15) is 0 Å². The second kappa shape index (κ2) is 5.83. The van der Waals surface area contributed by atoms with Gasteiger partial charge in [-0.3, -0.25) is 0 Å². The second-order valence-corrected chi connectivity index (χ2v) is 4.85. The van der Waals surface area contributed by atoms with Crippen LogP contribution in [0.25, 0.3) is 0 Å². The number of halogens is 1. The first-order valence-electron chi connectivity index (χ1n) is 5.87. The van der Waals surface area contributed by atoms with E-state index in [2.05, 4.69) is 0 Å². The van der Waals surface area contributed by atoms with Crippen LogP contribution >= 0.6 is 11.6 Å². The summed E-state index contributed by atoms with van der Waals surface area (Å²) < 4.78 is 10.9. The average Bonchev–Trinajstić information content (AvgIpc) is 2.34. The van der Waals surface area contributed by atoms with Crippen molar-refractivity contribution in [3.8, 4) is 0 Å². The number of hydrogen-bond donors (Lipinski definition) is 1. The first-order chi connectivity index (χ1) is 8.16. The van der Waals surface area contributed by atoms with Gasteiger partial charge in [0.15, 0.2) is 0 Å². The zero-order valence-electron chi connectivity index (χ0n) is 9.99. The Kier molecular flexibility index (Phi) is 4.40. The molecule has 2 atom stereocenters. The molecule has 0 aromatic heterocycles. The maximum absolute atomic E-state index is 6.18. The predicted molar refractivity (Wildman–Crippen MR) is 68.4 cm³/mol. The number of aryl methyl sites for hydroxylation is 1. The highest BCUT2D eigenvalue weighted by Gasteiger charge is 2.22. The summed E-state index contributed by atoms with van der Waals surface area (Å²) in [4.78, 5) is 0. The van der Waals surface area contributed by atoms with Gasteiger partial charge in [0.1, 0.15) is 0 Å². The Balaban J connectivity index is 1.99. The molecule has 1 aliphatic heterocycles. The van der Waals surface area contributed by atoms with Gasteiger partial charge in [0.2, 0.25) is 0 Å². The summed E-state index contributed by atoms with van der Waals surface area (Å²) in [6.07, 6.45) is 0.689. The first-order valence-corrected chi connectivity index (χ1v) is 6.24. The first kappa shape index (κ1) is 12.8. The molecule has 1 saturated heterocycles. The number of hydrogen-bond acceptors (Lipinski definition) is 3. The summed E-state index contributed by atoms with van der Waals surface area (Å²) >= 11 is 6.18. The number of nitrogens with two attached hydrogens (primary N) is 1. The van der Waals surface area contributed by atoms with Crippen LogP contribution in [-0.4, -0.2) is 32.0 Å². The third-order valence-corrected chi connectivity index (χ3v) is 3.34. The van der Waals surface area contributed by atoms with E-state index in [1.165, 1.54) is 0 Å². The Morgan fingerprint density at radius 3 is 2.94 bits per heavy atom. The molecule has 17 heavy (non-hydrogen) atoms. The lowest BCUT2D eigenvalue weighted by Crippen LogP contribution is -2.44. The molecule has 1 heterocycles. The summed E-state index contributed by atoms with van der Waals surface area (Å²) in [5.74, 6) is 0. The average molecular weight is 256 g/mol. The lowest BCUT2D eigenvalue weighted by molar-refractivity contribution is -0.0967. The molecular weight excluding hydrogens is 238 g/mol. The molecule has 0 spiro atoms. The lowest BCUT2D eigenvalue weighted by Gasteiger charge is -2.28. The van der Waals surface area contributed by atoms with E-state index in [-0.39, 0.29) is 12.1 Å². The van der Waals surface area contributed by atoms with Crippen molar-refractivity contribution in [2.45, 2.75) is 25.5 Å². The molecule has 1 aliphatic rings. The molecule has 1 aromatic carbocycles. The summed E-state index contributed by atoms with van der Waals surface area (Å²) in [7, 11) is 0. The minimum absolute atomic E-state index is 0.0267. The van der Waals surface area contributed by atoms with Crippen molar-refractivity contribution in [2.75, 3.05) is 19.8 Å². The lowest BCUT2D eigenvalue weighted by atomic mass is 10.0. The van der Waals surface area contributed by atoms with Crippen LogP contribution in [0, 0.1) is 6.92 Å². The molecule has 94 valence electrons. The minimum Gasteiger partial charge on any atom is -0.376 e. The van der Waals surface area contributed by atoms with Gasteiger partial charge in [-0.05, 0) is 30.5 Å². The molecule has 0 bridgehead atoms. The fraction of sp³-hybridized carbons (Fsp3) is 0.538. The molecule has 0 aliphatic carbocycles. The highest BCUT2D eigenvalue weighted by molar-refractivity contribution is 6.31. The van der Waals surface area contributed by atoms with Crippen LogP contribution in [0.2, 0.25) is 5.02 Å². The quantitative estimate of drug-likeness (QED) is 0.898. The van der Waals surface area contributed by atoms with Crippen LogP contribution in [0.5, 0.6) is 0 Å². The van der Waals surface area contributed by atoms with Crippen LogP contribution in [0.1, 0.15) is 11.1 Å². The van der Waals surface area contributed by atoms with Gasteiger partial charge in [-0.25, -0.2) is 0 Å². The SMILES string of the molecule is Cc1ccc(CC(N)C2COCCO2)c(Cl)c1. The van der Waals surface area contributed by atoms with Gasteiger partial charge in [0.05, 0.1) is 25.9 Å². The van der Waals surface area contributed by atoms with Gasteiger partial charge in [-0.15, -0.1) is 0 Å². The smallest absolute Gasteiger partial charge is 0.0963 e. The molecule has 2 N–H and O–H groups in total. The molecule has 1 aromatic rings. The molecule has 2 rings (SSSR count). The maximum atomic E-state index is 6.18. The standard InChI is InChI=1S/C13H18ClNO2/c1-9-2-3-10(11(14)6-9)7-12(15)13-8-16-4-5-17-13/h2-3,6,12-13H,4-5,7-8,15H2,1H3. The van der Waals surface area contributed by atoms with E-state index in [4.69, 9.17) is 26.8 Å². The highest BCUT2D eigenvalue weighted by atomic mass is 35.5. The van der Waals surface area contributed by atoms with E-state index < -0.39 is 0 Å². The Labute approximate surface area is 107 Å². The third-order valence-electron chi connectivity index (χ3n) is 2.98. The van der Waals surface area contributed by atoms with E-state index in [0.29, 0.717) is 26.2 Å². The summed E-state index contributed by atoms with van der Waals surface area (Å²) in [6.45, 7) is 3.88. The molecular formula is C13H18ClNO2. The fourth-order valence-electron chi connectivity index (χ4n) is 1.96. The molecule has 3 nitrogen and oxygen atoms in total. The molecule has 0 amide bonds. The van der Waals surface area contributed by atoms with Gasteiger partial charge in [-0.1, -0.05) is 23.7 Å². The zero-order valence-corrected chi connectivity index (χ0v) is 10.7. The van der Waals surface area contributed by atoms with Crippen molar-refractivity contribution < 1.29 is 9.47 Å². The van der Waals surface area contributed by atoms with E-state index in [0.717, 1.165) is 16.1 Å². The Morgan fingerprint density at radius 1 is 1.47 bits per heavy atom. The van der Waals surface area contributed by atoms with E-state index >= 15 is 0 Å². The van der Waals surface area contributed by atoms with E-state index in [1.54, 1.807) is 0 Å². The Hall–Kier alpha value is -0.610. The number of rotatable bonds is 3. The fourth-order valence-corrected chi connectivity index (χ4v) is 2.27. The monoisotopic (exact) mass is 255 g/mol. The predicted octanol–water partition coefficient (Wildman–Crippen LogP) is 1.93. The minimum atomic E-state index is -0.0736. The van der Waals surface area contributed by atoms with Crippen molar-refractivity contribution >= 4 is 11.6 Å². The Morgan fingerprint density at radius 2 is 2.29 bits per heavy atom. The second-order valence-electron chi connectivity index (χ2n) is 4.45. The Bertz CT molecular complexity index is 378. The maximum Gasteiger partial charge on any atom is 0.0963 e. The van der Waals surface area contributed by atoms with Gasteiger partial charge >= 0.3 is 0 Å². The van der Waals surface area contributed by atoms with Crippen LogP contribution in [0.4, 0.5) is 0 Å². The van der Waals surface area contributed by atoms with Crippen LogP contribution in [0.15, 0.2) is 18.2 Å². The molecule has 0 radical (unpaired) electrons. The molecule has 0 saturated carbocycles. The van der Waals surface area contributed by atoms with Gasteiger partial charge in [0.25, 0.3) is 0 Å². The van der Waals surface area contributed by atoms with Crippen molar-refractivity contribution in [1.29, 1.82) is 0 Å². The van der Waals surface area contributed by atoms with Crippen LogP contribution < -0.4 is 5.73 Å². The van der Waals surface area contributed by atoms with Crippen molar-refractivity contribution in [3.05, 3.63) is 34.3 Å². The summed E-state index contributed by atoms with van der Waals surface area (Å²) in [6, 6.07) is 5.96. The number of ether oxygens (including phenoxy) is 2. The summed E-state index contributed by atoms with van der Waals surface area (Å²) in [5, 5.41) is 0.775. The largest absolute Gasteiger partial charge is 0.376 e. The normalized spacial score (nSPS) is 22.4. The third kappa shape index (κ3) is 3.42. The van der Waals surface area contributed by atoms with Crippen molar-refractivity contribution in [1.82, 2.24) is 0 Å². The number of benzene rings is 1. The summed E-state index contributed by atoms with van der Waals surface area (Å²) in [5.41, 5.74) is 8.35. The van der Waals surface area contributed by atoms with Crippen molar-refractivity contribution in [2.24, 2.45) is 5.73 Å². The van der Waals surface area contributed by atoms with Gasteiger partial charge in [0, 0.05) is 11.1 Å². The zero-order chi connectivity index (χ0) is 12.3. The van der Waals surface area contributed by atoms with Crippen LogP contribution in [0.3, 0.4) is 0 Å². The van der Waals surface area contributed by atoms with Gasteiger partial charge < -0.3 is 15.2 Å². The topological polar surface area (TPSA) is 44.5 Å². The highest BCUT2D eigenvalue weighted by Crippen LogP contribution is 2.20. The van der Waals surface area contributed by atoms with E-state index in [1.807, 2.05) is 25.1 Å². The van der Waals surface area contributed by atoms with Gasteiger partial charge in [-0.2, -0.15) is 0 Å². The molecule has 4 heteroatoms. The van der Waals surface area contributed by atoms with Crippen LogP contribution in [-0.2, 0) is 15.9 Å². The van der Waals surface area contributed by atoms with Crippen molar-refractivity contribution in [3.63, 3.8) is 0 Å². The molecule has 2 unspecified atom stereocenters. The molecule has 1 fully saturated rings.